The second-order valence-corrected chi connectivity index (χ2v) is 8.40. The Morgan fingerprint density at radius 2 is 2.04 bits per heavy atom. The van der Waals surface area contributed by atoms with Crippen LogP contribution in [0, 0.1) is 0 Å². The number of carbonyl (C=O) groups is 1. The molecule has 2 aromatic rings. The van der Waals surface area contributed by atoms with Crippen molar-refractivity contribution in [3.63, 3.8) is 0 Å². The van der Waals surface area contributed by atoms with E-state index in [0.717, 1.165) is 11.3 Å². The fourth-order valence-corrected chi connectivity index (χ4v) is 4.54. The van der Waals surface area contributed by atoms with Crippen LogP contribution < -0.4 is 4.72 Å². The first-order chi connectivity index (χ1) is 11.5. The molecule has 1 aliphatic heterocycles. The first-order valence-electron chi connectivity index (χ1n) is 7.53. The van der Waals surface area contributed by atoms with E-state index in [4.69, 9.17) is 4.74 Å². The Bertz CT molecular complexity index is 801. The van der Waals surface area contributed by atoms with Crippen LogP contribution in [0.15, 0.2) is 46.0 Å². The zero-order chi connectivity index (χ0) is 17.2. The lowest BCUT2D eigenvalue weighted by Crippen LogP contribution is -2.44. The van der Waals surface area contributed by atoms with Gasteiger partial charge in [-0.25, -0.2) is 8.42 Å². The molecular formula is C16H18N2O4S2. The summed E-state index contributed by atoms with van der Waals surface area (Å²) in [5.41, 5.74) is 0.957. The lowest BCUT2D eigenvalue weighted by molar-refractivity contribution is -0.0124. The summed E-state index contributed by atoms with van der Waals surface area (Å²) >= 11 is 1.15. The van der Waals surface area contributed by atoms with Gasteiger partial charge in [0.2, 0.25) is 0 Å². The van der Waals surface area contributed by atoms with E-state index in [9.17, 15) is 13.2 Å². The van der Waals surface area contributed by atoms with Gasteiger partial charge in [0.15, 0.2) is 0 Å². The molecule has 8 heteroatoms. The molecule has 0 bridgehead atoms. The number of ether oxygens (including phenoxy) is 1. The van der Waals surface area contributed by atoms with Crippen LogP contribution >= 0.6 is 11.3 Å². The number of rotatable bonds is 4. The number of anilines is 1. The van der Waals surface area contributed by atoms with E-state index in [1.165, 1.54) is 0 Å². The van der Waals surface area contributed by atoms with Crippen LogP contribution in [0.25, 0.3) is 0 Å². The minimum absolute atomic E-state index is 0.0274. The maximum Gasteiger partial charge on any atom is 0.271 e. The molecule has 2 heterocycles. The van der Waals surface area contributed by atoms with Crippen LogP contribution in [0.1, 0.15) is 17.3 Å². The van der Waals surface area contributed by atoms with E-state index in [0.29, 0.717) is 30.9 Å². The summed E-state index contributed by atoms with van der Waals surface area (Å²) in [6, 6.07) is 9.70. The second-order valence-electron chi connectivity index (χ2n) is 5.55. The van der Waals surface area contributed by atoms with E-state index in [1.807, 2.05) is 6.92 Å². The molecule has 1 N–H and O–H groups in total. The van der Waals surface area contributed by atoms with Gasteiger partial charge in [0.1, 0.15) is 4.21 Å². The van der Waals surface area contributed by atoms with E-state index >= 15 is 0 Å². The zero-order valence-electron chi connectivity index (χ0n) is 13.1. The molecule has 1 amide bonds. The van der Waals surface area contributed by atoms with Crippen LogP contribution in [0.2, 0.25) is 0 Å². The smallest absolute Gasteiger partial charge is 0.271 e. The number of carbonyl (C=O) groups excluding carboxylic acids is 1. The Labute approximate surface area is 145 Å². The fourth-order valence-electron chi connectivity index (χ4n) is 2.49. The predicted molar refractivity (Wildman–Crippen MR) is 92.9 cm³/mol. The van der Waals surface area contributed by atoms with E-state index in [1.54, 1.807) is 46.7 Å². The fraction of sp³-hybridized carbons (Fsp3) is 0.312. The molecule has 1 aromatic carbocycles. The summed E-state index contributed by atoms with van der Waals surface area (Å²) < 4.78 is 32.5. The van der Waals surface area contributed by atoms with Crippen molar-refractivity contribution in [2.75, 3.05) is 24.4 Å². The molecule has 1 saturated heterocycles. The molecule has 1 fully saturated rings. The number of nitrogens with zero attached hydrogens (tertiary/aromatic N) is 1. The first-order valence-corrected chi connectivity index (χ1v) is 9.89. The molecule has 3 rings (SSSR count). The van der Waals surface area contributed by atoms with Gasteiger partial charge in [0, 0.05) is 24.3 Å². The first kappa shape index (κ1) is 16.9. The Morgan fingerprint density at radius 1 is 1.29 bits per heavy atom. The van der Waals surface area contributed by atoms with Gasteiger partial charge in [0.05, 0.1) is 12.7 Å². The van der Waals surface area contributed by atoms with Crippen molar-refractivity contribution in [1.29, 1.82) is 0 Å². The quantitative estimate of drug-likeness (QED) is 0.902. The molecule has 0 saturated carbocycles. The highest BCUT2D eigenvalue weighted by molar-refractivity contribution is 7.94. The third-order valence-corrected chi connectivity index (χ3v) is 6.45. The molecular weight excluding hydrogens is 348 g/mol. The van der Waals surface area contributed by atoms with Crippen molar-refractivity contribution in [3.8, 4) is 0 Å². The number of morpholine rings is 1. The maximum atomic E-state index is 12.5. The Balaban J connectivity index is 1.70. The molecule has 0 radical (unpaired) electrons. The van der Waals surface area contributed by atoms with Gasteiger partial charge >= 0.3 is 0 Å². The normalized spacial score (nSPS) is 18.4. The average molecular weight is 366 g/mol. The molecule has 0 spiro atoms. The maximum absolute atomic E-state index is 12.5. The number of benzene rings is 1. The summed E-state index contributed by atoms with van der Waals surface area (Å²) in [5.74, 6) is -0.0715. The van der Waals surface area contributed by atoms with Crippen LogP contribution in [0.5, 0.6) is 0 Å². The summed E-state index contributed by atoms with van der Waals surface area (Å²) in [4.78, 5) is 14.2. The third kappa shape index (κ3) is 3.77. The van der Waals surface area contributed by atoms with E-state index < -0.39 is 10.0 Å². The standard InChI is InChI=1S/C16H18N2O4S2/c1-12-11-18(8-9-22-12)16(19)13-4-6-14(7-5-13)17-24(20,21)15-3-2-10-23-15/h2-7,10,12,17H,8-9,11H2,1H3/t12-/m0/s1. The van der Waals surface area contributed by atoms with Crippen molar-refractivity contribution in [2.24, 2.45) is 0 Å². The van der Waals surface area contributed by atoms with Crippen LogP contribution in [-0.4, -0.2) is 45.0 Å². The Morgan fingerprint density at radius 3 is 2.67 bits per heavy atom. The lowest BCUT2D eigenvalue weighted by atomic mass is 10.1. The van der Waals surface area contributed by atoms with Crippen molar-refractivity contribution >= 4 is 33.0 Å². The van der Waals surface area contributed by atoms with Gasteiger partial charge < -0.3 is 9.64 Å². The monoisotopic (exact) mass is 366 g/mol. The van der Waals surface area contributed by atoms with Gasteiger partial charge in [-0.3, -0.25) is 9.52 Å². The summed E-state index contributed by atoms with van der Waals surface area (Å²) in [7, 11) is -3.57. The van der Waals surface area contributed by atoms with Gasteiger partial charge in [-0.2, -0.15) is 0 Å². The minimum Gasteiger partial charge on any atom is -0.375 e. The number of sulfonamides is 1. The lowest BCUT2D eigenvalue weighted by Gasteiger charge is -2.31. The van der Waals surface area contributed by atoms with Crippen molar-refractivity contribution in [2.45, 2.75) is 17.2 Å². The van der Waals surface area contributed by atoms with Crippen LogP contribution in [-0.2, 0) is 14.8 Å². The number of thiophene rings is 1. The minimum atomic E-state index is -3.57. The number of amides is 1. The molecule has 0 aliphatic carbocycles. The topological polar surface area (TPSA) is 75.7 Å². The van der Waals surface area contributed by atoms with Crippen molar-refractivity contribution < 1.29 is 17.9 Å². The molecule has 128 valence electrons. The van der Waals surface area contributed by atoms with Gasteiger partial charge in [-0.1, -0.05) is 6.07 Å². The highest BCUT2D eigenvalue weighted by atomic mass is 32.2. The molecule has 6 nitrogen and oxygen atoms in total. The summed E-state index contributed by atoms with van der Waals surface area (Å²) in [5, 5.41) is 1.71. The molecule has 1 aromatic heterocycles. The average Bonchev–Trinajstić information content (AvgIpc) is 3.10. The summed E-state index contributed by atoms with van der Waals surface area (Å²) in [6.45, 7) is 3.59. The van der Waals surface area contributed by atoms with Gasteiger partial charge in [-0.15, -0.1) is 11.3 Å². The number of nitrogens with one attached hydrogen (secondary N) is 1. The highest BCUT2D eigenvalue weighted by Gasteiger charge is 2.22. The van der Waals surface area contributed by atoms with Gasteiger partial charge in [0.25, 0.3) is 15.9 Å². The summed E-state index contributed by atoms with van der Waals surface area (Å²) in [6.07, 6.45) is 0.0274. The van der Waals surface area contributed by atoms with Crippen molar-refractivity contribution in [1.82, 2.24) is 4.90 Å². The van der Waals surface area contributed by atoms with E-state index in [-0.39, 0.29) is 16.2 Å². The number of hydrogen-bond donors (Lipinski definition) is 1. The molecule has 1 atom stereocenters. The van der Waals surface area contributed by atoms with Crippen molar-refractivity contribution in [3.05, 3.63) is 47.3 Å². The molecule has 0 unspecified atom stereocenters. The molecule has 24 heavy (non-hydrogen) atoms. The number of hydrogen-bond acceptors (Lipinski definition) is 5. The van der Waals surface area contributed by atoms with E-state index in [2.05, 4.69) is 4.72 Å². The van der Waals surface area contributed by atoms with Crippen LogP contribution in [0.4, 0.5) is 5.69 Å². The zero-order valence-corrected chi connectivity index (χ0v) is 14.8. The van der Waals surface area contributed by atoms with Gasteiger partial charge in [-0.05, 0) is 42.6 Å². The molecule has 1 aliphatic rings. The van der Waals surface area contributed by atoms with Crippen LogP contribution in [0.3, 0.4) is 0 Å². The highest BCUT2D eigenvalue weighted by Crippen LogP contribution is 2.21. The SMILES string of the molecule is C[C@H]1CN(C(=O)c2ccc(NS(=O)(=O)c3cccs3)cc2)CCO1. The Kier molecular flexibility index (Phi) is 4.88. The second kappa shape index (κ2) is 6.92. The largest absolute Gasteiger partial charge is 0.375 e. The predicted octanol–water partition coefficient (Wildman–Crippen LogP) is 2.41. The third-order valence-electron chi connectivity index (χ3n) is 3.67. The Hall–Kier alpha value is -1.90.